The lowest BCUT2D eigenvalue weighted by Crippen LogP contribution is -2.52. The zero-order chi connectivity index (χ0) is 18.0. The standard InChI is InChI=1S/C15H13ClF3NO2S2/c1-14(22,15(17,18)19)13(21)20-12-5-4-9(7-11(12)16)24-8-10-3-2-6-23-10/h2-7,22H,8H2,1H3,(H,20,21)/t14-/m1/s1. The van der Waals surface area contributed by atoms with E-state index in [1.807, 2.05) is 22.8 Å². The minimum absolute atomic E-state index is 0.00617. The van der Waals surface area contributed by atoms with Gasteiger partial charge in [-0.25, -0.2) is 0 Å². The molecular weight excluding hydrogens is 383 g/mol. The van der Waals surface area contributed by atoms with Gasteiger partial charge in [0.2, 0.25) is 5.60 Å². The fourth-order valence-electron chi connectivity index (χ4n) is 1.61. The van der Waals surface area contributed by atoms with E-state index < -0.39 is 17.7 Å². The van der Waals surface area contributed by atoms with Crippen molar-refractivity contribution in [2.24, 2.45) is 0 Å². The minimum atomic E-state index is -5.08. The number of thioether (sulfide) groups is 1. The molecule has 2 rings (SSSR count). The van der Waals surface area contributed by atoms with E-state index in [9.17, 15) is 23.1 Å². The number of carbonyl (C=O) groups is 1. The third-order valence-corrected chi connectivity index (χ3v) is 5.56. The highest BCUT2D eigenvalue weighted by atomic mass is 35.5. The van der Waals surface area contributed by atoms with Crippen LogP contribution in [0.25, 0.3) is 0 Å². The monoisotopic (exact) mass is 395 g/mol. The number of nitrogens with one attached hydrogen (secondary N) is 1. The fraction of sp³-hybridized carbons (Fsp3) is 0.267. The molecular formula is C15H13ClF3NO2S2. The maximum absolute atomic E-state index is 12.6. The normalized spacial score (nSPS) is 14.2. The first-order valence-corrected chi connectivity index (χ1v) is 8.91. The van der Waals surface area contributed by atoms with Gasteiger partial charge in [0.25, 0.3) is 5.91 Å². The Hall–Kier alpha value is -1.22. The van der Waals surface area contributed by atoms with E-state index in [0.717, 1.165) is 10.6 Å². The van der Waals surface area contributed by atoms with Crippen LogP contribution in [-0.4, -0.2) is 22.8 Å². The predicted molar refractivity (Wildman–Crippen MR) is 90.6 cm³/mol. The summed E-state index contributed by atoms with van der Waals surface area (Å²) in [6.07, 6.45) is -5.08. The Bertz CT molecular complexity index is 718. The summed E-state index contributed by atoms with van der Waals surface area (Å²) in [7, 11) is 0. The zero-order valence-corrected chi connectivity index (χ0v) is 14.7. The average Bonchev–Trinajstić information content (AvgIpc) is 2.99. The number of aliphatic hydroxyl groups is 1. The van der Waals surface area contributed by atoms with Gasteiger partial charge >= 0.3 is 6.18 Å². The van der Waals surface area contributed by atoms with Crippen LogP contribution < -0.4 is 5.32 Å². The molecule has 0 saturated carbocycles. The third kappa shape index (κ3) is 4.44. The Morgan fingerprint density at radius 3 is 2.62 bits per heavy atom. The van der Waals surface area contributed by atoms with Crippen LogP contribution in [0.4, 0.5) is 18.9 Å². The lowest BCUT2D eigenvalue weighted by atomic mass is 10.1. The third-order valence-electron chi connectivity index (χ3n) is 3.14. The molecule has 1 atom stereocenters. The second-order valence-corrected chi connectivity index (χ2v) is 7.52. The number of hydrogen-bond acceptors (Lipinski definition) is 4. The number of benzene rings is 1. The summed E-state index contributed by atoms with van der Waals surface area (Å²) >= 11 is 9.14. The molecule has 0 aliphatic heterocycles. The van der Waals surface area contributed by atoms with Gasteiger partial charge in [-0.3, -0.25) is 4.79 Å². The van der Waals surface area contributed by atoms with Gasteiger partial charge in [0.1, 0.15) is 0 Å². The average molecular weight is 396 g/mol. The summed E-state index contributed by atoms with van der Waals surface area (Å²) < 4.78 is 37.9. The molecule has 0 radical (unpaired) electrons. The highest BCUT2D eigenvalue weighted by Crippen LogP contribution is 2.34. The van der Waals surface area contributed by atoms with Gasteiger partial charge in [0, 0.05) is 15.5 Å². The molecule has 2 N–H and O–H groups in total. The number of anilines is 1. The van der Waals surface area contributed by atoms with Crippen molar-refractivity contribution in [3.05, 3.63) is 45.6 Å². The first kappa shape index (κ1) is 19.1. The van der Waals surface area contributed by atoms with Crippen LogP contribution >= 0.6 is 34.7 Å². The van der Waals surface area contributed by atoms with Crippen molar-refractivity contribution in [1.29, 1.82) is 0 Å². The van der Waals surface area contributed by atoms with Crippen molar-refractivity contribution in [2.45, 2.75) is 29.3 Å². The summed E-state index contributed by atoms with van der Waals surface area (Å²) in [4.78, 5) is 13.6. The van der Waals surface area contributed by atoms with E-state index in [4.69, 9.17) is 11.6 Å². The van der Waals surface area contributed by atoms with Gasteiger partial charge in [-0.15, -0.1) is 23.1 Å². The van der Waals surface area contributed by atoms with Crippen LogP contribution in [0.2, 0.25) is 5.02 Å². The summed E-state index contributed by atoms with van der Waals surface area (Å²) in [5.74, 6) is -0.849. The van der Waals surface area contributed by atoms with E-state index in [1.54, 1.807) is 23.5 Å². The highest BCUT2D eigenvalue weighted by Gasteiger charge is 2.55. The molecule has 3 nitrogen and oxygen atoms in total. The van der Waals surface area contributed by atoms with E-state index >= 15 is 0 Å². The molecule has 1 heterocycles. The van der Waals surface area contributed by atoms with Crippen molar-refractivity contribution in [3.63, 3.8) is 0 Å². The molecule has 0 aliphatic rings. The number of amides is 1. The first-order chi connectivity index (χ1) is 11.1. The molecule has 1 amide bonds. The largest absolute Gasteiger partial charge is 0.426 e. The number of carbonyl (C=O) groups excluding carboxylic acids is 1. The smallest absolute Gasteiger partial charge is 0.373 e. The number of rotatable bonds is 5. The van der Waals surface area contributed by atoms with Crippen LogP contribution in [0, 0.1) is 0 Å². The van der Waals surface area contributed by atoms with Gasteiger partial charge in [0.15, 0.2) is 0 Å². The Kier molecular flexibility index (Phi) is 5.85. The molecule has 2 aromatic rings. The van der Waals surface area contributed by atoms with Crippen LogP contribution in [0.1, 0.15) is 11.8 Å². The molecule has 1 aromatic carbocycles. The molecule has 24 heavy (non-hydrogen) atoms. The van der Waals surface area contributed by atoms with Crippen molar-refractivity contribution in [2.75, 3.05) is 5.32 Å². The maximum Gasteiger partial charge on any atom is 0.426 e. The van der Waals surface area contributed by atoms with Gasteiger partial charge in [-0.05, 0) is 36.6 Å². The second kappa shape index (κ2) is 7.35. The molecule has 0 saturated heterocycles. The minimum Gasteiger partial charge on any atom is -0.373 e. The molecule has 9 heteroatoms. The summed E-state index contributed by atoms with van der Waals surface area (Å²) in [5.41, 5.74) is -3.49. The lowest BCUT2D eigenvalue weighted by molar-refractivity contribution is -0.242. The fourth-order valence-corrected chi connectivity index (χ4v) is 3.61. The van der Waals surface area contributed by atoms with Gasteiger partial charge < -0.3 is 10.4 Å². The van der Waals surface area contributed by atoms with Crippen LogP contribution in [0.5, 0.6) is 0 Å². The first-order valence-electron chi connectivity index (χ1n) is 6.66. The van der Waals surface area contributed by atoms with Crippen molar-refractivity contribution in [1.82, 2.24) is 0 Å². The van der Waals surface area contributed by atoms with E-state index in [2.05, 4.69) is 0 Å². The number of hydrogen-bond donors (Lipinski definition) is 2. The lowest BCUT2D eigenvalue weighted by Gasteiger charge is -2.25. The molecule has 0 aliphatic carbocycles. The predicted octanol–water partition coefficient (Wildman–Crippen LogP) is 4.95. The Morgan fingerprint density at radius 1 is 1.38 bits per heavy atom. The van der Waals surface area contributed by atoms with Crippen LogP contribution in [-0.2, 0) is 10.5 Å². The molecule has 1 aromatic heterocycles. The second-order valence-electron chi connectivity index (χ2n) is 5.03. The SMILES string of the molecule is C[C@@](O)(C(=O)Nc1ccc(SCc2cccs2)cc1Cl)C(F)(F)F. The topological polar surface area (TPSA) is 49.3 Å². The molecule has 130 valence electrons. The van der Waals surface area contributed by atoms with E-state index in [0.29, 0.717) is 6.92 Å². The van der Waals surface area contributed by atoms with Crippen LogP contribution in [0.15, 0.2) is 40.6 Å². The number of thiophene rings is 1. The van der Waals surface area contributed by atoms with Gasteiger partial charge in [-0.2, -0.15) is 13.2 Å². The quantitative estimate of drug-likeness (QED) is 0.704. The summed E-state index contributed by atoms with van der Waals surface area (Å²) in [5, 5.41) is 13.4. The maximum atomic E-state index is 12.6. The van der Waals surface area contributed by atoms with Crippen molar-refractivity contribution >= 4 is 46.3 Å². The Balaban J connectivity index is 2.06. The van der Waals surface area contributed by atoms with Gasteiger partial charge in [-0.1, -0.05) is 17.7 Å². The molecule has 0 unspecified atom stereocenters. The Labute approximate surface area is 149 Å². The van der Waals surface area contributed by atoms with Crippen molar-refractivity contribution < 1.29 is 23.1 Å². The van der Waals surface area contributed by atoms with Gasteiger partial charge in [0.05, 0.1) is 10.7 Å². The highest BCUT2D eigenvalue weighted by molar-refractivity contribution is 7.98. The van der Waals surface area contributed by atoms with E-state index in [1.165, 1.54) is 22.7 Å². The summed E-state index contributed by atoms with van der Waals surface area (Å²) in [6.45, 7) is 0.390. The number of halogens is 4. The number of alkyl halides is 3. The van der Waals surface area contributed by atoms with Crippen LogP contribution in [0.3, 0.4) is 0 Å². The zero-order valence-electron chi connectivity index (χ0n) is 12.4. The molecule has 0 fully saturated rings. The Morgan fingerprint density at radius 2 is 2.08 bits per heavy atom. The van der Waals surface area contributed by atoms with E-state index in [-0.39, 0.29) is 10.7 Å². The molecule has 0 spiro atoms. The summed E-state index contributed by atoms with van der Waals surface area (Å²) in [6, 6.07) is 8.54. The molecule has 0 bridgehead atoms. The van der Waals surface area contributed by atoms with Crippen molar-refractivity contribution in [3.8, 4) is 0 Å².